The third-order valence-corrected chi connectivity index (χ3v) is 2.90. The van der Waals surface area contributed by atoms with Gasteiger partial charge in [0.15, 0.2) is 0 Å². The van der Waals surface area contributed by atoms with Crippen molar-refractivity contribution in [3.05, 3.63) is 23.8 Å². The molecular formula is C12H17N3. The molecule has 0 saturated heterocycles. The smallest absolute Gasteiger partial charge is 0.201 e. The third-order valence-electron chi connectivity index (χ3n) is 2.90. The summed E-state index contributed by atoms with van der Waals surface area (Å²) >= 11 is 0. The summed E-state index contributed by atoms with van der Waals surface area (Å²) in [5.74, 6) is 0.616. The van der Waals surface area contributed by atoms with E-state index in [1.165, 1.54) is 5.56 Å². The van der Waals surface area contributed by atoms with Crippen molar-refractivity contribution in [2.45, 2.75) is 33.2 Å². The lowest BCUT2D eigenvalue weighted by molar-refractivity contribution is 0.552. The first-order valence-electron chi connectivity index (χ1n) is 5.37. The first-order chi connectivity index (χ1) is 7.13. The second kappa shape index (κ2) is 3.57. The molecule has 0 radical (unpaired) electrons. The summed E-state index contributed by atoms with van der Waals surface area (Å²) < 4.78 is 2.11. The van der Waals surface area contributed by atoms with Crippen LogP contribution < -0.4 is 5.73 Å². The number of aromatic nitrogens is 2. The third kappa shape index (κ3) is 1.58. The number of anilines is 1. The fourth-order valence-corrected chi connectivity index (χ4v) is 1.87. The van der Waals surface area contributed by atoms with Gasteiger partial charge in [-0.1, -0.05) is 13.0 Å². The van der Waals surface area contributed by atoms with E-state index in [1.54, 1.807) is 0 Å². The van der Waals surface area contributed by atoms with E-state index in [4.69, 9.17) is 5.73 Å². The van der Waals surface area contributed by atoms with E-state index >= 15 is 0 Å². The highest BCUT2D eigenvalue weighted by molar-refractivity contribution is 5.79. The van der Waals surface area contributed by atoms with E-state index in [9.17, 15) is 0 Å². The second-order valence-electron chi connectivity index (χ2n) is 4.09. The Hall–Kier alpha value is -1.51. The Labute approximate surface area is 89.9 Å². The largest absolute Gasteiger partial charge is 0.369 e. The van der Waals surface area contributed by atoms with Crippen molar-refractivity contribution in [1.82, 2.24) is 9.55 Å². The van der Waals surface area contributed by atoms with Crippen molar-refractivity contribution in [1.29, 1.82) is 0 Å². The van der Waals surface area contributed by atoms with Crippen LogP contribution in [0.2, 0.25) is 0 Å². The molecule has 1 heterocycles. The van der Waals surface area contributed by atoms with Gasteiger partial charge in [0.05, 0.1) is 11.0 Å². The maximum absolute atomic E-state index is 5.93. The van der Waals surface area contributed by atoms with Crippen molar-refractivity contribution in [3.8, 4) is 0 Å². The number of imidazole rings is 1. The number of benzene rings is 1. The number of nitrogens with zero attached hydrogens (tertiary/aromatic N) is 2. The minimum Gasteiger partial charge on any atom is -0.369 e. The van der Waals surface area contributed by atoms with Crippen LogP contribution in [0, 0.1) is 6.92 Å². The summed E-state index contributed by atoms with van der Waals surface area (Å²) in [6.45, 7) is 6.39. The molecule has 0 fully saturated rings. The van der Waals surface area contributed by atoms with Gasteiger partial charge in [-0.3, -0.25) is 0 Å². The van der Waals surface area contributed by atoms with E-state index in [0.29, 0.717) is 12.0 Å². The van der Waals surface area contributed by atoms with Crippen LogP contribution in [-0.4, -0.2) is 9.55 Å². The standard InChI is InChI=1S/C12H17N3/c1-4-9(3)15-11-6-5-8(2)7-10(11)14-12(15)13/h5-7,9H,4H2,1-3H3,(H2,13,14). The van der Waals surface area contributed by atoms with Gasteiger partial charge in [0, 0.05) is 6.04 Å². The highest BCUT2D eigenvalue weighted by atomic mass is 15.2. The molecule has 0 aliphatic rings. The maximum atomic E-state index is 5.93. The highest BCUT2D eigenvalue weighted by Gasteiger charge is 2.11. The average molecular weight is 203 g/mol. The fraction of sp³-hybridized carbons (Fsp3) is 0.417. The minimum atomic E-state index is 0.401. The number of fused-ring (bicyclic) bond motifs is 1. The zero-order chi connectivity index (χ0) is 11.0. The second-order valence-corrected chi connectivity index (χ2v) is 4.09. The van der Waals surface area contributed by atoms with Crippen molar-refractivity contribution in [2.24, 2.45) is 0 Å². The van der Waals surface area contributed by atoms with Crippen LogP contribution in [0.25, 0.3) is 11.0 Å². The van der Waals surface area contributed by atoms with Gasteiger partial charge < -0.3 is 10.3 Å². The summed E-state index contributed by atoms with van der Waals surface area (Å²) in [5, 5.41) is 0. The molecule has 2 rings (SSSR count). The van der Waals surface area contributed by atoms with Gasteiger partial charge in [-0.05, 0) is 38.0 Å². The SMILES string of the molecule is CCC(C)n1c(N)nc2cc(C)ccc21. The maximum Gasteiger partial charge on any atom is 0.201 e. The van der Waals surface area contributed by atoms with Crippen LogP contribution in [0.1, 0.15) is 31.9 Å². The number of aryl methyl sites for hydroxylation is 1. The summed E-state index contributed by atoms with van der Waals surface area (Å²) in [7, 11) is 0. The Morgan fingerprint density at radius 1 is 1.47 bits per heavy atom. The van der Waals surface area contributed by atoms with Crippen LogP contribution >= 0.6 is 0 Å². The van der Waals surface area contributed by atoms with Gasteiger partial charge in [-0.2, -0.15) is 0 Å². The van der Waals surface area contributed by atoms with E-state index in [-0.39, 0.29) is 0 Å². The van der Waals surface area contributed by atoms with Crippen LogP contribution in [0.3, 0.4) is 0 Å². The molecule has 2 aromatic rings. The lowest BCUT2D eigenvalue weighted by atomic mass is 10.2. The lowest BCUT2D eigenvalue weighted by Gasteiger charge is -2.13. The quantitative estimate of drug-likeness (QED) is 0.815. The molecule has 15 heavy (non-hydrogen) atoms. The monoisotopic (exact) mass is 203 g/mol. The van der Waals surface area contributed by atoms with Crippen LogP contribution in [0.15, 0.2) is 18.2 Å². The molecule has 0 aliphatic heterocycles. The molecule has 1 aromatic heterocycles. The number of hydrogen-bond donors (Lipinski definition) is 1. The molecule has 1 aromatic carbocycles. The Balaban J connectivity index is 2.68. The summed E-state index contributed by atoms with van der Waals surface area (Å²) in [5.41, 5.74) is 9.28. The Morgan fingerprint density at radius 3 is 2.87 bits per heavy atom. The van der Waals surface area contributed by atoms with Crippen LogP contribution in [0.4, 0.5) is 5.95 Å². The predicted molar refractivity (Wildman–Crippen MR) is 63.9 cm³/mol. The van der Waals surface area contributed by atoms with E-state index in [0.717, 1.165) is 17.5 Å². The predicted octanol–water partition coefficient (Wildman–Crippen LogP) is 2.90. The molecule has 0 bridgehead atoms. The van der Waals surface area contributed by atoms with Crippen molar-refractivity contribution in [2.75, 3.05) is 5.73 Å². The van der Waals surface area contributed by atoms with Crippen LogP contribution in [0.5, 0.6) is 0 Å². The molecular weight excluding hydrogens is 186 g/mol. The van der Waals surface area contributed by atoms with Crippen LogP contribution in [-0.2, 0) is 0 Å². The fourth-order valence-electron chi connectivity index (χ4n) is 1.87. The van der Waals surface area contributed by atoms with E-state index in [2.05, 4.69) is 48.5 Å². The first-order valence-corrected chi connectivity index (χ1v) is 5.37. The normalized spacial score (nSPS) is 13.3. The molecule has 2 N–H and O–H groups in total. The molecule has 1 atom stereocenters. The Kier molecular flexibility index (Phi) is 2.39. The topological polar surface area (TPSA) is 43.8 Å². The molecule has 0 aliphatic carbocycles. The minimum absolute atomic E-state index is 0.401. The molecule has 0 spiro atoms. The molecule has 1 unspecified atom stereocenters. The zero-order valence-electron chi connectivity index (χ0n) is 9.49. The summed E-state index contributed by atoms with van der Waals surface area (Å²) in [6.07, 6.45) is 1.06. The van der Waals surface area contributed by atoms with Gasteiger partial charge in [0.2, 0.25) is 5.95 Å². The molecule has 80 valence electrons. The zero-order valence-corrected chi connectivity index (χ0v) is 9.49. The average Bonchev–Trinajstić information content (AvgIpc) is 2.52. The van der Waals surface area contributed by atoms with Gasteiger partial charge >= 0.3 is 0 Å². The number of nitrogens with two attached hydrogens (primary N) is 1. The van der Waals surface area contributed by atoms with E-state index < -0.39 is 0 Å². The van der Waals surface area contributed by atoms with Gasteiger partial charge in [-0.25, -0.2) is 4.98 Å². The molecule has 0 amide bonds. The Bertz CT molecular complexity index is 485. The molecule has 0 saturated carbocycles. The summed E-state index contributed by atoms with van der Waals surface area (Å²) in [6, 6.07) is 6.67. The number of hydrogen-bond acceptors (Lipinski definition) is 2. The van der Waals surface area contributed by atoms with Crippen molar-refractivity contribution < 1.29 is 0 Å². The number of nitrogen functional groups attached to an aromatic ring is 1. The van der Waals surface area contributed by atoms with Gasteiger partial charge in [0.25, 0.3) is 0 Å². The van der Waals surface area contributed by atoms with Crippen molar-refractivity contribution >= 4 is 17.0 Å². The molecule has 3 nitrogen and oxygen atoms in total. The van der Waals surface area contributed by atoms with E-state index in [1.807, 2.05) is 0 Å². The number of rotatable bonds is 2. The van der Waals surface area contributed by atoms with Gasteiger partial charge in [0.1, 0.15) is 0 Å². The Morgan fingerprint density at radius 2 is 2.20 bits per heavy atom. The lowest BCUT2D eigenvalue weighted by Crippen LogP contribution is -2.07. The summed E-state index contributed by atoms with van der Waals surface area (Å²) in [4.78, 5) is 4.38. The highest BCUT2D eigenvalue weighted by Crippen LogP contribution is 2.24. The van der Waals surface area contributed by atoms with Crippen molar-refractivity contribution in [3.63, 3.8) is 0 Å². The molecule has 3 heteroatoms. The first kappa shape index (κ1) is 10.0. The van der Waals surface area contributed by atoms with Gasteiger partial charge in [-0.15, -0.1) is 0 Å².